The molecule has 0 bridgehead atoms. The number of rotatable bonds is 7. The van der Waals surface area contributed by atoms with Crippen LogP contribution in [0.4, 0.5) is 11.4 Å². The third-order valence-corrected chi connectivity index (χ3v) is 7.69. The summed E-state index contributed by atoms with van der Waals surface area (Å²) in [4.78, 5) is 27.1. The monoisotopic (exact) mass is 478 g/mol. The number of hydrogen-bond acceptors (Lipinski definition) is 5. The summed E-state index contributed by atoms with van der Waals surface area (Å²) in [5, 5.41) is 0. The van der Waals surface area contributed by atoms with E-state index in [0.717, 1.165) is 17.7 Å². The van der Waals surface area contributed by atoms with Gasteiger partial charge in [-0.25, -0.2) is 13.2 Å². The standard InChI is InChI=1S/C26H26N2O5S/c1-3-27(22-12-5-4-6-13-22)34(31,32)23-14-9-11-21(17-23)26(30)33-18-25(29)28-19(2)16-20-10-7-8-15-24(20)28/h4-15,17,19H,3,16,18H2,1-2H3. The maximum Gasteiger partial charge on any atom is 0.338 e. The smallest absolute Gasteiger partial charge is 0.338 e. The number of sulfonamides is 1. The maximum absolute atomic E-state index is 13.2. The van der Waals surface area contributed by atoms with Gasteiger partial charge in [-0.2, -0.15) is 0 Å². The highest BCUT2D eigenvalue weighted by Gasteiger charge is 2.31. The molecule has 8 heteroatoms. The fourth-order valence-corrected chi connectivity index (χ4v) is 5.74. The maximum atomic E-state index is 13.2. The number of carbonyl (C=O) groups is 2. The molecule has 0 saturated heterocycles. The van der Waals surface area contributed by atoms with Crippen molar-refractivity contribution in [3.8, 4) is 0 Å². The highest BCUT2D eigenvalue weighted by molar-refractivity contribution is 7.92. The highest BCUT2D eigenvalue weighted by atomic mass is 32.2. The lowest BCUT2D eigenvalue weighted by molar-refractivity contribution is -0.122. The van der Waals surface area contributed by atoms with Crippen LogP contribution < -0.4 is 9.21 Å². The molecule has 0 radical (unpaired) electrons. The number of anilines is 2. The minimum absolute atomic E-state index is 0.0268. The third kappa shape index (κ3) is 4.54. The number of para-hydroxylation sites is 2. The largest absolute Gasteiger partial charge is 0.452 e. The van der Waals surface area contributed by atoms with E-state index >= 15 is 0 Å². The Balaban J connectivity index is 1.49. The van der Waals surface area contributed by atoms with E-state index in [-0.39, 0.29) is 29.0 Å². The quantitative estimate of drug-likeness (QED) is 0.479. The van der Waals surface area contributed by atoms with Crippen molar-refractivity contribution in [2.75, 3.05) is 22.4 Å². The van der Waals surface area contributed by atoms with Crippen molar-refractivity contribution < 1.29 is 22.7 Å². The van der Waals surface area contributed by atoms with Gasteiger partial charge in [-0.1, -0.05) is 42.5 Å². The van der Waals surface area contributed by atoms with Gasteiger partial charge >= 0.3 is 5.97 Å². The molecule has 1 atom stereocenters. The van der Waals surface area contributed by atoms with Crippen molar-refractivity contribution in [2.24, 2.45) is 0 Å². The summed E-state index contributed by atoms with van der Waals surface area (Å²) in [6.07, 6.45) is 0.741. The van der Waals surface area contributed by atoms with Crippen LogP contribution in [0.5, 0.6) is 0 Å². The average Bonchev–Trinajstić information content (AvgIpc) is 3.19. The molecular weight excluding hydrogens is 452 g/mol. The Morgan fingerprint density at radius 2 is 1.71 bits per heavy atom. The first-order valence-corrected chi connectivity index (χ1v) is 12.5. The molecule has 34 heavy (non-hydrogen) atoms. The number of ether oxygens (including phenoxy) is 1. The van der Waals surface area contributed by atoms with E-state index < -0.39 is 22.6 Å². The van der Waals surface area contributed by atoms with Gasteiger partial charge in [-0.3, -0.25) is 9.10 Å². The third-order valence-electron chi connectivity index (χ3n) is 5.79. The lowest BCUT2D eigenvalue weighted by atomic mass is 10.1. The Kier molecular flexibility index (Phi) is 6.70. The lowest BCUT2D eigenvalue weighted by Gasteiger charge is -2.23. The van der Waals surface area contributed by atoms with Crippen molar-refractivity contribution in [2.45, 2.75) is 31.2 Å². The van der Waals surface area contributed by atoms with Crippen molar-refractivity contribution in [1.82, 2.24) is 0 Å². The van der Waals surface area contributed by atoms with Crippen molar-refractivity contribution >= 4 is 33.3 Å². The van der Waals surface area contributed by atoms with Crippen LogP contribution in [0.3, 0.4) is 0 Å². The fourth-order valence-electron chi connectivity index (χ4n) is 4.22. The Bertz CT molecular complexity index is 1310. The molecule has 1 amide bonds. The zero-order valence-electron chi connectivity index (χ0n) is 19.0. The van der Waals surface area contributed by atoms with E-state index in [9.17, 15) is 18.0 Å². The molecule has 176 valence electrons. The number of esters is 1. The molecule has 0 N–H and O–H groups in total. The Hall–Kier alpha value is -3.65. The van der Waals surface area contributed by atoms with Gasteiger partial charge in [0.2, 0.25) is 0 Å². The summed E-state index contributed by atoms with van der Waals surface area (Å²) in [7, 11) is -3.89. The van der Waals surface area contributed by atoms with Gasteiger partial charge in [0.1, 0.15) is 0 Å². The van der Waals surface area contributed by atoms with Crippen LogP contribution in [0.1, 0.15) is 29.8 Å². The first-order valence-electron chi connectivity index (χ1n) is 11.1. The average molecular weight is 479 g/mol. The van der Waals surface area contributed by atoms with Gasteiger partial charge in [-0.05, 0) is 62.2 Å². The summed E-state index contributed by atoms with van der Waals surface area (Å²) < 4.78 is 33.0. The van der Waals surface area contributed by atoms with Crippen LogP contribution in [-0.4, -0.2) is 39.5 Å². The second-order valence-corrected chi connectivity index (χ2v) is 9.92. The number of amides is 1. The summed E-state index contributed by atoms with van der Waals surface area (Å²) in [6, 6.07) is 22.0. The normalized spacial score (nSPS) is 15.0. The van der Waals surface area contributed by atoms with E-state index in [0.29, 0.717) is 5.69 Å². The number of nitrogens with zero attached hydrogens (tertiary/aromatic N) is 2. The van der Waals surface area contributed by atoms with E-state index in [4.69, 9.17) is 4.74 Å². The van der Waals surface area contributed by atoms with E-state index in [1.54, 1.807) is 36.1 Å². The molecule has 1 unspecified atom stereocenters. The molecule has 0 aromatic heterocycles. The topological polar surface area (TPSA) is 84.0 Å². The van der Waals surface area contributed by atoms with Crippen molar-refractivity contribution in [3.05, 3.63) is 90.0 Å². The zero-order chi connectivity index (χ0) is 24.3. The van der Waals surface area contributed by atoms with Gasteiger partial charge in [0.25, 0.3) is 15.9 Å². The van der Waals surface area contributed by atoms with Gasteiger partial charge in [0.15, 0.2) is 6.61 Å². The number of hydrogen-bond donors (Lipinski definition) is 0. The summed E-state index contributed by atoms with van der Waals surface area (Å²) >= 11 is 0. The highest BCUT2D eigenvalue weighted by Crippen LogP contribution is 2.32. The zero-order valence-corrected chi connectivity index (χ0v) is 19.9. The number of benzene rings is 3. The second-order valence-electron chi connectivity index (χ2n) is 8.05. The predicted molar refractivity (Wildman–Crippen MR) is 130 cm³/mol. The molecule has 1 aliphatic rings. The molecular formula is C26H26N2O5S. The van der Waals surface area contributed by atoms with E-state index in [2.05, 4.69) is 0 Å². The molecule has 0 spiro atoms. The lowest BCUT2D eigenvalue weighted by Crippen LogP contribution is -2.38. The van der Waals surface area contributed by atoms with E-state index in [1.165, 1.54) is 28.6 Å². The minimum Gasteiger partial charge on any atom is -0.452 e. The van der Waals surface area contributed by atoms with Gasteiger partial charge in [0, 0.05) is 18.3 Å². The van der Waals surface area contributed by atoms with E-state index in [1.807, 2.05) is 37.3 Å². The Labute approximate surface area is 199 Å². The Morgan fingerprint density at radius 3 is 2.44 bits per heavy atom. The SMILES string of the molecule is CCN(c1ccccc1)S(=O)(=O)c1cccc(C(=O)OCC(=O)N2c3ccccc3CC2C)c1. The predicted octanol–water partition coefficient (Wildman–Crippen LogP) is 4.04. The molecule has 3 aromatic rings. The summed E-state index contributed by atoms with van der Waals surface area (Å²) in [5.74, 6) is -1.08. The first-order chi connectivity index (χ1) is 16.3. The van der Waals surface area contributed by atoms with Gasteiger partial charge in [-0.15, -0.1) is 0 Å². The first kappa shape index (κ1) is 23.5. The van der Waals surface area contributed by atoms with Crippen LogP contribution in [0.2, 0.25) is 0 Å². The summed E-state index contributed by atoms with van der Waals surface area (Å²) in [5.41, 5.74) is 2.49. The fraction of sp³-hybridized carbons (Fsp3) is 0.231. The van der Waals surface area contributed by atoms with Gasteiger partial charge in [0.05, 0.1) is 16.1 Å². The number of fused-ring (bicyclic) bond motifs is 1. The number of carbonyl (C=O) groups excluding carboxylic acids is 2. The molecule has 1 aliphatic heterocycles. The molecule has 0 fully saturated rings. The summed E-state index contributed by atoms with van der Waals surface area (Å²) in [6.45, 7) is 3.48. The van der Waals surface area contributed by atoms with Crippen LogP contribution in [0, 0.1) is 0 Å². The molecule has 3 aromatic carbocycles. The molecule has 1 heterocycles. The molecule has 0 aliphatic carbocycles. The molecule has 7 nitrogen and oxygen atoms in total. The van der Waals surface area contributed by atoms with Crippen LogP contribution >= 0.6 is 0 Å². The Morgan fingerprint density at radius 1 is 1.00 bits per heavy atom. The molecule has 0 saturated carbocycles. The van der Waals surface area contributed by atoms with Crippen molar-refractivity contribution in [1.29, 1.82) is 0 Å². The molecule has 4 rings (SSSR count). The minimum atomic E-state index is -3.89. The second kappa shape index (κ2) is 9.69. The van der Waals surface area contributed by atoms with Gasteiger partial charge < -0.3 is 9.64 Å². The van der Waals surface area contributed by atoms with Crippen LogP contribution in [0.15, 0.2) is 83.8 Å². The van der Waals surface area contributed by atoms with Crippen LogP contribution in [-0.2, 0) is 26.0 Å². The van der Waals surface area contributed by atoms with Crippen LogP contribution in [0.25, 0.3) is 0 Å². The van der Waals surface area contributed by atoms with Crippen molar-refractivity contribution in [3.63, 3.8) is 0 Å².